The first-order chi connectivity index (χ1) is 9.24. The minimum atomic E-state index is 0.823. The Hall–Kier alpha value is -2.17. The lowest BCUT2D eigenvalue weighted by Crippen LogP contribution is -2.47. The van der Waals surface area contributed by atoms with E-state index in [1.165, 1.54) is 5.69 Å². The van der Waals surface area contributed by atoms with E-state index in [9.17, 15) is 0 Å². The van der Waals surface area contributed by atoms with Crippen LogP contribution in [-0.2, 0) is 7.05 Å². The summed E-state index contributed by atoms with van der Waals surface area (Å²) in [5.74, 6) is 1.05. The van der Waals surface area contributed by atoms with E-state index in [-0.39, 0.29) is 0 Å². The molecule has 1 saturated heterocycles. The van der Waals surface area contributed by atoms with Crippen molar-refractivity contribution in [2.24, 2.45) is 7.05 Å². The highest BCUT2D eigenvalue weighted by atomic mass is 15.3. The minimum absolute atomic E-state index is 0.823. The summed E-state index contributed by atoms with van der Waals surface area (Å²) in [6.45, 7) is 3.96. The smallest absolute Gasteiger partial charge is 0.205 e. The molecule has 2 heterocycles. The molecule has 1 aliphatic rings. The third kappa shape index (κ3) is 2.36. The number of nitrogens with zero attached hydrogens (tertiary/aromatic N) is 4. The average Bonchev–Trinajstić information content (AvgIpc) is 2.85. The van der Waals surface area contributed by atoms with Gasteiger partial charge in [0.15, 0.2) is 0 Å². The molecule has 0 amide bonds. The van der Waals surface area contributed by atoms with Crippen LogP contribution in [0, 0.1) is 0 Å². The Morgan fingerprint density at radius 3 is 2.47 bits per heavy atom. The van der Waals surface area contributed by atoms with Crippen LogP contribution in [0.15, 0.2) is 36.7 Å². The van der Waals surface area contributed by atoms with Crippen LogP contribution in [-0.4, -0.2) is 35.7 Å². The first kappa shape index (κ1) is 11.9. The molecule has 3 rings (SSSR count). The lowest BCUT2D eigenvalue weighted by atomic mass is 10.2. The Labute approximate surface area is 113 Å². The van der Waals surface area contributed by atoms with Gasteiger partial charge in [0.1, 0.15) is 0 Å². The van der Waals surface area contributed by atoms with Crippen molar-refractivity contribution < 1.29 is 0 Å². The zero-order chi connectivity index (χ0) is 13.2. The van der Waals surface area contributed by atoms with E-state index < -0.39 is 0 Å². The molecule has 100 valence electrons. The van der Waals surface area contributed by atoms with E-state index >= 15 is 0 Å². The van der Waals surface area contributed by atoms with Crippen molar-refractivity contribution in [2.75, 3.05) is 41.7 Å². The number of nitrogen functional groups attached to an aromatic ring is 1. The lowest BCUT2D eigenvalue weighted by Gasteiger charge is -2.36. The number of anilines is 3. The third-order valence-corrected chi connectivity index (χ3v) is 3.59. The predicted octanol–water partition coefficient (Wildman–Crippen LogP) is 1.33. The quantitative estimate of drug-likeness (QED) is 0.825. The molecule has 19 heavy (non-hydrogen) atoms. The molecule has 5 heteroatoms. The van der Waals surface area contributed by atoms with Gasteiger partial charge in [-0.1, -0.05) is 6.07 Å². The standard InChI is InChI=1S/C14H19N5/c1-17-6-5-16-14(17)19-9-7-18(8-10-19)13-4-2-3-12(15)11-13/h2-6,11H,7-10,15H2,1H3. The second kappa shape index (κ2) is 4.84. The zero-order valence-corrected chi connectivity index (χ0v) is 11.2. The SMILES string of the molecule is Cn1ccnc1N1CCN(c2cccc(N)c2)CC1. The molecule has 0 spiro atoms. The van der Waals surface area contributed by atoms with Gasteiger partial charge >= 0.3 is 0 Å². The molecule has 1 fully saturated rings. The largest absolute Gasteiger partial charge is 0.399 e. The number of imidazole rings is 1. The van der Waals surface area contributed by atoms with Crippen molar-refractivity contribution in [2.45, 2.75) is 0 Å². The second-order valence-corrected chi connectivity index (χ2v) is 4.91. The normalized spacial score (nSPS) is 15.8. The molecular formula is C14H19N5. The lowest BCUT2D eigenvalue weighted by molar-refractivity contribution is 0.630. The van der Waals surface area contributed by atoms with Crippen LogP contribution in [0.3, 0.4) is 0 Å². The van der Waals surface area contributed by atoms with Gasteiger partial charge in [-0.15, -0.1) is 0 Å². The molecule has 0 bridgehead atoms. The van der Waals surface area contributed by atoms with Gasteiger partial charge in [0.2, 0.25) is 5.95 Å². The highest BCUT2D eigenvalue weighted by Gasteiger charge is 2.19. The summed E-state index contributed by atoms with van der Waals surface area (Å²) in [6, 6.07) is 8.09. The van der Waals surface area contributed by atoms with E-state index in [2.05, 4.69) is 25.4 Å². The maximum Gasteiger partial charge on any atom is 0.205 e. The number of piperazine rings is 1. The fraction of sp³-hybridized carbons (Fsp3) is 0.357. The van der Waals surface area contributed by atoms with E-state index in [1.807, 2.05) is 37.6 Å². The molecule has 1 aliphatic heterocycles. The Bertz CT molecular complexity index is 554. The summed E-state index contributed by atoms with van der Waals surface area (Å²) in [7, 11) is 2.03. The van der Waals surface area contributed by atoms with Crippen LogP contribution in [0.25, 0.3) is 0 Å². The van der Waals surface area contributed by atoms with Crippen LogP contribution in [0.4, 0.5) is 17.3 Å². The van der Waals surface area contributed by atoms with Crippen molar-refractivity contribution in [1.82, 2.24) is 9.55 Å². The monoisotopic (exact) mass is 257 g/mol. The summed E-state index contributed by atoms with van der Waals surface area (Å²) < 4.78 is 2.07. The van der Waals surface area contributed by atoms with Gasteiger partial charge in [-0.3, -0.25) is 0 Å². The summed E-state index contributed by atoms with van der Waals surface area (Å²) in [5, 5.41) is 0. The van der Waals surface area contributed by atoms with Crippen LogP contribution in [0.5, 0.6) is 0 Å². The van der Waals surface area contributed by atoms with Crippen LogP contribution >= 0.6 is 0 Å². The first-order valence-corrected chi connectivity index (χ1v) is 6.57. The van der Waals surface area contributed by atoms with Crippen LogP contribution in [0.2, 0.25) is 0 Å². The van der Waals surface area contributed by atoms with Gasteiger partial charge in [-0.2, -0.15) is 0 Å². The maximum atomic E-state index is 5.84. The molecule has 2 N–H and O–H groups in total. The molecule has 1 aromatic heterocycles. The van der Waals surface area contributed by atoms with Gasteiger partial charge in [0.05, 0.1) is 0 Å². The highest BCUT2D eigenvalue weighted by Crippen LogP contribution is 2.20. The van der Waals surface area contributed by atoms with Crippen molar-refractivity contribution in [3.8, 4) is 0 Å². The van der Waals surface area contributed by atoms with Gasteiger partial charge in [-0.25, -0.2) is 4.98 Å². The minimum Gasteiger partial charge on any atom is -0.399 e. The molecule has 5 nitrogen and oxygen atoms in total. The van der Waals surface area contributed by atoms with E-state index in [0.29, 0.717) is 0 Å². The van der Waals surface area contributed by atoms with Crippen molar-refractivity contribution in [3.05, 3.63) is 36.7 Å². The zero-order valence-electron chi connectivity index (χ0n) is 11.2. The van der Waals surface area contributed by atoms with Gasteiger partial charge in [-0.05, 0) is 18.2 Å². The topological polar surface area (TPSA) is 50.3 Å². The molecule has 0 unspecified atom stereocenters. The number of aromatic nitrogens is 2. The molecule has 2 aromatic rings. The number of hydrogen-bond donors (Lipinski definition) is 1. The van der Waals surface area contributed by atoms with E-state index in [0.717, 1.165) is 37.8 Å². The average molecular weight is 257 g/mol. The number of nitrogens with two attached hydrogens (primary N) is 1. The van der Waals surface area contributed by atoms with Crippen molar-refractivity contribution >= 4 is 17.3 Å². The number of hydrogen-bond acceptors (Lipinski definition) is 4. The molecule has 0 saturated carbocycles. The van der Waals surface area contributed by atoms with Crippen molar-refractivity contribution in [3.63, 3.8) is 0 Å². The predicted molar refractivity (Wildman–Crippen MR) is 78.5 cm³/mol. The second-order valence-electron chi connectivity index (χ2n) is 4.91. The molecule has 0 aliphatic carbocycles. The fourth-order valence-electron chi connectivity index (χ4n) is 2.55. The summed E-state index contributed by atoms with van der Waals surface area (Å²) in [6.07, 6.45) is 3.83. The Morgan fingerprint density at radius 1 is 1.11 bits per heavy atom. The highest BCUT2D eigenvalue weighted by molar-refractivity contribution is 5.56. The fourth-order valence-corrected chi connectivity index (χ4v) is 2.55. The molecule has 0 radical (unpaired) electrons. The summed E-state index contributed by atoms with van der Waals surface area (Å²) in [5.41, 5.74) is 7.87. The van der Waals surface area contributed by atoms with Gasteiger partial charge in [0.25, 0.3) is 0 Å². The maximum absolute atomic E-state index is 5.84. The van der Waals surface area contributed by atoms with E-state index in [1.54, 1.807) is 0 Å². The molecular weight excluding hydrogens is 238 g/mol. The Balaban J connectivity index is 1.68. The summed E-state index contributed by atoms with van der Waals surface area (Å²) in [4.78, 5) is 9.09. The van der Waals surface area contributed by atoms with Gasteiger partial charge in [0, 0.05) is 57.0 Å². The Morgan fingerprint density at radius 2 is 1.84 bits per heavy atom. The van der Waals surface area contributed by atoms with E-state index in [4.69, 9.17) is 5.73 Å². The van der Waals surface area contributed by atoms with Crippen molar-refractivity contribution in [1.29, 1.82) is 0 Å². The van der Waals surface area contributed by atoms with Gasteiger partial charge < -0.3 is 20.1 Å². The Kier molecular flexibility index (Phi) is 3.03. The molecule has 0 atom stereocenters. The molecule has 1 aromatic carbocycles. The third-order valence-electron chi connectivity index (χ3n) is 3.59. The summed E-state index contributed by atoms with van der Waals surface area (Å²) >= 11 is 0. The van der Waals surface area contributed by atoms with Crippen LogP contribution in [0.1, 0.15) is 0 Å². The number of rotatable bonds is 2. The first-order valence-electron chi connectivity index (χ1n) is 6.57. The number of aryl methyl sites for hydroxylation is 1. The number of benzene rings is 1. The van der Waals surface area contributed by atoms with Crippen LogP contribution < -0.4 is 15.5 Å².